The van der Waals surface area contributed by atoms with E-state index in [1.807, 2.05) is 12.1 Å². The van der Waals surface area contributed by atoms with Gasteiger partial charge in [0.15, 0.2) is 0 Å². The van der Waals surface area contributed by atoms with Gasteiger partial charge in [0.1, 0.15) is 0 Å². The van der Waals surface area contributed by atoms with Crippen LogP contribution in [0.25, 0.3) is 0 Å². The predicted molar refractivity (Wildman–Crippen MR) is 83.8 cm³/mol. The number of anilines is 1. The van der Waals surface area contributed by atoms with Crippen molar-refractivity contribution in [1.29, 1.82) is 0 Å². The van der Waals surface area contributed by atoms with Gasteiger partial charge in [0.05, 0.1) is 0 Å². The summed E-state index contributed by atoms with van der Waals surface area (Å²) in [6.07, 6.45) is 7.66. The molecule has 3 nitrogen and oxygen atoms in total. The monoisotopic (exact) mass is 294 g/mol. The maximum atomic E-state index is 12.2. The molecule has 1 aliphatic carbocycles. The number of rotatable bonds is 6. The van der Waals surface area contributed by atoms with Gasteiger partial charge in [-0.2, -0.15) is 0 Å². The zero-order chi connectivity index (χ0) is 14.2. The fourth-order valence-corrected chi connectivity index (χ4v) is 2.91. The molecule has 0 saturated heterocycles. The zero-order valence-corrected chi connectivity index (χ0v) is 12.6. The molecule has 0 radical (unpaired) electrons. The van der Waals surface area contributed by atoms with Crippen molar-refractivity contribution in [2.75, 3.05) is 11.9 Å². The first-order valence-corrected chi connectivity index (χ1v) is 7.90. The molecule has 0 spiro atoms. The number of amides is 1. The molecule has 1 amide bonds. The number of halogens is 1. The first kappa shape index (κ1) is 15.3. The lowest BCUT2D eigenvalue weighted by molar-refractivity contribution is -0.120. The summed E-state index contributed by atoms with van der Waals surface area (Å²) in [6, 6.07) is 8.11. The Hall–Kier alpha value is -1.06. The Balaban J connectivity index is 1.88. The molecule has 2 rings (SSSR count). The fourth-order valence-electron chi connectivity index (χ4n) is 2.77. The summed E-state index contributed by atoms with van der Waals surface area (Å²) >= 11 is 5.45. The highest BCUT2D eigenvalue weighted by atomic mass is 35.5. The van der Waals surface area contributed by atoms with Crippen molar-refractivity contribution in [3.05, 3.63) is 29.8 Å². The van der Waals surface area contributed by atoms with Crippen molar-refractivity contribution in [2.24, 2.45) is 5.92 Å². The Morgan fingerprint density at radius 2 is 2.05 bits per heavy atom. The Labute approximate surface area is 126 Å². The van der Waals surface area contributed by atoms with Gasteiger partial charge in [-0.05, 0) is 55.2 Å². The Kier molecular flexibility index (Phi) is 6.34. The van der Waals surface area contributed by atoms with Gasteiger partial charge in [-0.3, -0.25) is 4.79 Å². The van der Waals surface area contributed by atoms with Crippen LogP contribution >= 0.6 is 11.8 Å². The van der Waals surface area contributed by atoms with Crippen LogP contribution in [0.4, 0.5) is 5.69 Å². The molecule has 1 aromatic carbocycles. The normalized spacial score (nSPS) is 16.1. The minimum Gasteiger partial charge on any atom is -0.326 e. The summed E-state index contributed by atoms with van der Waals surface area (Å²) in [7, 11) is 0. The van der Waals surface area contributed by atoms with Crippen LogP contribution in [0.3, 0.4) is 0 Å². The highest BCUT2D eigenvalue weighted by Gasteiger charge is 2.20. The van der Waals surface area contributed by atoms with Crippen LogP contribution in [-0.2, 0) is 11.2 Å². The molecule has 0 aromatic heterocycles. The van der Waals surface area contributed by atoms with E-state index in [-0.39, 0.29) is 11.8 Å². The van der Waals surface area contributed by atoms with Crippen molar-refractivity contribution in [1.82, 2.24) is 4.84 Å². The molecule has 1 aliphatic rings. The number of hydrogen-bond donors (Lipinski definition) is 2. The third-order valence-corrected chi connectivity index (χ3v) is 4.10. The molecular weight excluding hydrogens is 272 g/mol. The molecule has 1 fully saturated rings. The van der Waals surface area contributed by atoms with E-state index in [0.29, 0.717) is 0 Å². The molecule has 1 aromatic rings. The lowest BCUT2D eigenvalue weighted by Gasteiger charge is -2.20. The highest BCUT2D eigenvalue weighted by molar-refractivity contribution is 6.13. The average molecular weight is 295 g/mol. The van der Waals surface area contributed by atoms with Gasteiger partial charge in [-0.15, -0.1) is 0 Å². The Morgan fingerprint density at radius 1 is 1.25 bits per heavy atom. The average Bonchev–Trinajstić information content (AvgIpc) is 2.49. The summed E-state index contributed by atoms with van der Waals surface area (Å²) in [5, 5.41) is 3.06. The first-order valence-electron chi connectivity index (χ1n) is 7.53. The van der Waals surface area contributed by atoms with Crippen LogP contribution in [0.15, 0.2) is 24.3 Å². The second kappa shape index (κ2) is 8.28. The second-order valence-electron chi connectivity index (χ2n) is 5.51. The van der Waals surface area contributed by atoms with Crippen molar-refractivity contribution >= 4 is 23.4 Å². The molecule has 2 N–H and O–H groups in total. The van der Waals surface area contributed by atoms with Gasteiger partial charge in [0.2, 0.25) is 5.91 Å². The molecule has 110 valence electrons. The lowest BCUT2D eigenvalue weighted by Crippen LogP contribution is -2.24. The molecule has 0 unspecified atom stereocenters. The van der Waals surface area contributed by atoms with Crippen molar-refractivity contribution in [3.63, 3.8) is 0 Å². The van der Waals surface area contributed by atoms with Crippen LogP contribution in [0.5, 0.6) is 0 Å². The molecule has 0 aliphatic heterocycles. The van der Waals surface area contributed by atoms with E-state index in [0.717, 1.165) is 37.9 Å². The van der Waals surface area contributed by atoms with Crippen LogP contribution in [0, 0.1) is 5.92 Å². The maximum Gasteiger partial charge on any atom is 0.227 e. The van der Waals surface area contributed by atoms with Crippen LogP contribution in [-0.4, -0.2) is 12.5 Å². The van der Waals surface area contributed by atoms with Crippen LogP contribution in [0.1, 0.15) is 44.1 Å². The summed E-state index contributed by atoms with van der Waals surface area (Å²) in [5.74, 6) is 0.386. The fraction of sp³-hybridized carbons (Fsp3) is 0.562. The van der Waals surface area contributed by atoms with Gasteiger partial charge in [-0.25, -0.2) is 4.84 Å². The minimum absolute atomic E-state index is 0.185. The molecule has 20 heavy (non-hydrogen) atoms. The minimum atomic E-state index is 0.185. The quantitative estimate of drug-likeness (QED) is 0.617. The highest BCUT2D eigenvalue weighted by Crippen LogP contribution is 2.25. The van der Waals surface area contributed by atoms with Crippen molar-refractivity contribution < 1.29 is 4.79 Å². The molecule has 1 saturated carbocycles. The number of benzene rings is 1. The Bertz CT molecular complexity index is 430. The number of carbonyl (C=O) groups is 1. The van der Waals surface area contributed by atoms with Crippen LogP contribution < -0.4 is 10.2 Å². The standard InChI is InChI=1S/C16H23ClN2O/c17-18-11-5-7-13-6-4-10-15(12-13)19-16(20)14-8-2-1-3-9-14/h4,6,10,12,14,18H,1-3,5,7-9,11H2,(H,19,20). The summed E-state index contributed by atoms with van der Waals surface area (Å²) in [5.41, 5.74) is 2.15. The summed E-state index contributed by atoms with van der Waals surface area (Å²) < 4.78 is 0. The van der Waals surface area contributed by atoms with E-state index in [4.69, 9.17) is 11.8 Å². The van der Waals surface area contributed by atoms with Gasteiger partial charge in [-0.1, -0.05) is 31.4 Å². The number of aryl methyl sites for hydroxylation is 1. The SMILES string of the molecule is O=C(Nc1cccc(CCCNCl)c1)C1CCCCC1. The van der Waals surface area contributed by atoms with E-state index in [1.165, 1.54) is 24.8 Å². The predicted octanol–water partition coefficient (Wildman–Crippen LogP) is 3.88. The molecular formula is C16H23ClN2O. The van der Waals surface area contributed by atoms with Crippen LogP contribution in [0.2, 0.25) is 0 Å². The van der Waals surface area contributed by atoms with Crippen molar-refractivity contribution in [3.8, 4) is 0 Å². The number of nitrogens with one attached hydrogen (secondary N) is 2. The third-order valence-electron chi connectivity index (χ3n) is 3.91. The van der Waals surface area contributed by atoms with Gasteiger partial charge < -0.3 is 5.32 Å². The molecule has 0 heterocycles. The first-order chi connectivity index (χ1) is 9.79. The van der Waals surface area contributed by atoms with Gasteiger partial charge >= 0.3 is 0 Å². The van der Waals surface area contributed by atoms with Gasteiger partial charge in [0, 0.05) is 18.2 Å². The van der Waals surface area contributed by atoms with E-state index in [1.54, 1.807) is 0 Å². The van der Waals surface area contributed by atoms with E-state index in [9.17, 15) is 4.79 Å². The smallest absolute Gasteiger partial charge is 0.227 e. The number of carbonyl (C=O) groups excluding carboxylic acids is 1. The van der Waals surface area contributed by atoms with E-state index < -0.39 is 0 Å². The van der Waals surface area contributed by atoms with Crippen molar-refractivity contribution in [2.45, 2.75) is 44.9 Å². The second-order valence-corrected chi connectivity index (χ2v) is 5.78. The van der Waals surface area contributed by atoms with E-state index >= 15 is 0 Å². The molecule has 0 atom stereocenters. The number of hydrogen-bond acceptors (Lipinski definition) is 2. The maximum absolute atomic E-state index is 12.2. The Morgan fingerprint density at radius 3 is 2.80 bits per heavy atom. The summed E-state index contributed by atoms with van der Waals surface area (Å²) in [4.78, 5) is 14.8. The van der Waals surface area contributed by atoms with E-state index in [2.05, 4.69) is 22.3 Å². The molecule has 0 bridgehead atoms. The topological polar surface area (TPSA) is 41.1 Å². The van der Waals surface area contributed by atoms with Gasteiger partial charge in [0.25, 0.3) is 0 Å². The summed E-state index contributed by atoms with van der Waals surface area (Å²) in [6.45, 7) is 0.792. The molecule has 4 heteroatoms. The largest absolute Gasteiger partial charge is 0.326 e. The third kappa shape index (κ3) is 4.80. The zero-order valence-electron chi connectivity index (χ0n) is 11.8. The lowest BCUT2D eigenvalue weighted by atomic mass is 9.88.